The molecule has 1 aliphatic heterocycles. The van der Waals surface area contributed by atoms with Gasteiger partial charge in [-0.15, -0.1) is 11.3 Å². The van der Waals surface area contributed by atoms with Gasteiger partial charge in [-0.1, -0.05) is 45.0 Å². The first-order valence-corrected chi connectivity index (χ1v) is 15.0. The van der Waals surface area contributed by atoms with Crippen LogP contribution in [0, 0.1) is 5.41 Å². The predicted molar refractivity (Wildman–Crippen MR) is 148 cm³/mol. The Kier molecular flexibility index (Phi) is 8.20. The van der Waals surface area contributed by atoms with Gasteiger partial charge in [0.2, 0.25) is 11.8 Å². The van der Waals surface area contributed by atoms with E-state index in [0.717, 1.165) is 23.5 Å². The van der Waals surface area contributed by atoms with Crippen molar-refractivity contribution in [2.45, 2.75) is 51.4 Å². The summed E-state index contributed by atoms with van der Waals surface area (Å²) in [5.74, 6) is -1.33. The number of anilines is 1. The topological polar surface area (TPSA) is 136 Å². The number of rotatable bonds is 7. The number of hydrogen-bond acceptors (Lipinski definition) is 5. The van der Waals surface area contributed by atoms with Gasteiger partial charge in [-0.25, -0.2) is 0 Å². The lowest BCUT2D eigenvalue weighted by Gasteiger charge is -2.35. The van der Waals surface area contributed by atoms with Gasteiger partial charge >= 0.3 is 13.3 Å². The van der Waals surface area contributed by atoms with E-state index in [1.807, 2.05) is 6.07 Å². The Labute approximate surface area is 233 Å². The van der Waals surface area contributed by atoms with Crippen molar-refractivity contribution in [2.75, 3.05) is 11.9 Å². The molecule has 9 nitrogen and oxygen atoms in total. The lowest BCUT2D eigenvalue weighted by molar-refractivity contribution is -0.140. The average Bonchev–Trinajstić information content (AvgIpc) is 3.53. The number of amides is 3. The molecule has 2 aromatic carbocycles. The van der Waals surface area contributed by atoms with Crippen molar-refractivity contribution in [1.82, 2.24) is 10.2 Å². The van der Waals surface area contributed by atoms with E-state index >= 15 is 0 Å². The summed E-state index contributed by atoms with van der Waals surface area (Å²) in [6.45, 7) is 5.71. The van der Waals surface area contributed by atoms with Crippen LogP contribution in [0.15, 0.2) is 54.6 Å². The summed E-state index contributed by atoms with van der Waals surface area (Å²) in [7, 11) is -5.75. The molecular formula is C27H30F2N3O6PS. The van der Waals surface area contributed by atoms with Crippen LogP contribution < -0.4 is 10.6 Å². The standard InChI is InChI=1S/C27H30F2N3O6PS/c1-26(2,3)22(25(35)32-13-7-10-19(32)23(33)30-18-8-5-4-6-9-18)31-24(34)21-15-16-14-17(11-12-20(16)40-21)27(28,29)39(36,37)38/h4-6,8-9,11-12,14-15,19,22H,7,10,13H2,1-3H3,(H,30,33)(H,31,34)(H2,36,37,38)/t19-,22+/m0/s1. The molecule has 2 atom stereocenters. The molecule has 1 fully saturated rings. The Morgan fingerprint density at radius 3 is 2.38 bits per heavy atom. The molecule has 4 N–H and O–H groups in total. The summed E-state index contributed by atoms with van der Waals surface area (Å²) in [5, 5.41) is 5.80. The Morgan fingerprint density at radius 2 is 1.75 bits per heavy atom. The third kappa shape index (κ3) is 6.10. The Balaban J connectivity index is 1.54. The molecule has 0 bridgehead atoms. The third-order valence-electron chi connectivity index (χ3n) is 6.72. The zero-order valence-electron chi connectivity index (χ0n) is 22.1. The van der Waals surface area contributed by atoms with E-state index in [1.165, 1.54) is 17.0 Å². The van der Waals surface area contributed by atoms with Crippen molar-refractivity contribution in [1.29, 1.82) is 0 Å². The number of thiophene rings is 1. The Bertz CT molecular complexity index is 1480. The monoisotopic (exact) mass is 593 g/mol. The molecule has 13 heteroatoms. The van der Waals surface area contributed by atoms with E-state index in [0.29, 0.717) is 29.8 Å². The van der Waals surface area contributed by atoms with Crippen LogP contribution in [-0.2, 0) is 19.8 Å². The number of halogens is 2. The van der Waals surface area contributed by atoms with Gasteiger partial charge in [0.05, 0.1) is 4.88 Å². The number of fused-ring (bicyclic) bond motifs is 1. The van der Waals surface area contributed by atoms with Crippen LogP contribution in [0.2, 0.25) is 0 Å². The molecule has 3 amide bonds. The van der Waals surface area contributed by atoms with Gasteiger partial charge in [0.1, 0.15) is 12.1 Å². The lowest BCUT2D eigenvalue weighted by atomic mass is 9.85. The molecule has 0 aliphatic carbocycles. The van der Waals surface area contributed by atoms with E-state index in [4.69, 9.17) is 9.79 Å². The third-order valence-corrected chi connectivity index (χ3v) is 8.83. The van der Waals surface area contributed by atoms with E-state index in [2.05, 4.69) is 10.6 Å². The first-order valence-electron chi connectivity index (χ1n) is 12.5. The van der Waals surface area contributed by atoms with Gasteiger partial charge < -0.3 is 25.3 Å². The Morgan fingerprint density at radius 1 is 1.07 bits per heavy atom. The van der Waals surface area contributed by atoms with E-state index in [9.17, 15) is 27.7 Å². The maximum atomic E-state index is 14.2. The van der Waals surface area contributed by atoms with Gasteiger partial charge in [-0.2, -0.15) is 8.78 Å². The van der Waals surface area contributed by atoms with Gasteiger partial charge in [0.25, 0.3) is 5.91 Å². The quantitative estimate of drug-likeness (QED) is 0.288. The summed E-state index contributed by atoms with van der Waals surface area (Å²) in [5.41, 5.74) is -5.37. The molecule has 3 aromatic rings. The molecule has 0 saturated carbocycles. The summed E-state index contributed by atoms with van der Waals surface area (Å²) >= 11 is 0.995. The fourth-order valence-electron chi connectivity index (χ4n) is 4.58. The van der Waals surface area contributed by atoms with Crippen molar-refractivity contribution in [2.24, 2.45) is 5.41 Å². The molecule has 1 aromatic heterocycles. The minimum atomic E-state index is -5.75. The van der Waals surface area contributed by atoms with Crippen LogP contribution in [-0.4, -0.2) is 51.0 Å². The number of alkyl halides is 2. The highest BCUT2D eigenvalue weighted by Gasteiger charge is 2.50. The van der Waals surface area contributed by atoms with E-state index in [1.54, 1.807) is 45.0 Å². The van der Waals surface area contributed by atoms with Gasteiger partial charge in [0, 0.05) is 22.5 Å². The number of benzene rings is 2. The molecule has 0 spiro atoms. The van der Waals surface area contributed by atoms with Crippen molar-refractivity contribution >= 4 is 52.4 Å². The number of nitrogens with one attached hydrogen (secondary N) is 2. The zero-order chi connectivity index (χ0) is 29.5. The second kappa shape index (κ2) is 11.0. The van der Waals surface area contributed by atoms with Crippen molar-refractivity contribution in [3.63, 3.8) is 0 Å². The highest BCUT2D eigenvalue weighted by atomic mass is 32.1. The van der Waals surface area contributed by atoms with Crippen LogP contribution >= 0.6 is 18.9 Å². The molecule has 214 valence electrons. The fraction of sp³-hybridized carbons (Fsp3) is 0.370. The minimum absolute atomic E-state index is 0.133. The second-order valence-electron chi connectivity index (χ2n) is 10.8. The number of nitrogens with zero attached hydrogens (tertiary/aromatic N) is 1. The number of likely N-dealkylation sites (tertiary alicyclic amines) is 1. The molecule has 1 saturated heterocycles. The normalized spacial score (nSPS) is 17.1. The van der Waals surface area contributed by atoms with Crippen molar-refractivity contribution in [3.8, 4) is 0 Å². The molecule has 2 heterocycles. The molecular weight excluding hydrogens is 563 g/mol. The summed E-state index contributed by atoms with van der Waals surface area (Å²) in [4.78, 5) is 59.7. The van der Waals surface area contributed by atoms with Crippen LogP contribution in [0.3, 0.4) is 0 Å². The van der Waals surface area contributed by atoms with E-state index < -0.39 is 48.1 Å². The number of carbonyl (C=O) groups is 3. The van der Waals surface area contributed by atoms with Crippen molar-refractivity contribution < 1.29 is 37.5 Å². The fourth-order valence-corrected chi connectivity index (χ4v) is 6.00. The maximum absolute atomic E-state index is 14.2. The SMILES string of the molecule is CC(C)(C)[C@H](NC(=O)c1cc2cc(C(F)(F)P(=O)(O)O)ccc2s1)C(=O)N1CCC[C@H]1C(=O)Nc1ccccc1. The molecule has 4 rings (SSSR count). The first kappa shape index (κ1) is 29.8. The van der Waals surface area contributed by atoms with Crippen LogP contribution in [0.1, 0.15) is 48.8 Å². The first-order chi connectivity index (χ1) is 18.6. The molecule has 40 heavy (non-hydrogen) atoms. The number of carbonyl (C=O) groups excluding carboxylic acids is 3. The Hall–Kier alpha value is -3.18. The second-order valence-corrected chi connectivity index (χ2v) is 13.5. The minimum Gasteiger partial charge on any atom is -0.339 e. The number of hydrogen-bond donors (Lipinski definition) is 4. The maximum Gasteiger partial charge on any atom is 0.399 e. The van der Waals surface area contributed by atoms with Crippen LogP contribution in [0.25, 0.3) is 10.1 Å². The summed E-state index contributed by atoms with van der Waals surface area (Å²) in [6, 6.07) is 11.7. The summed E-state index contributed by atoms with van der Waals surface area (Å²) < 4.78 is 40.1. The van der Waals surface area contributed by atoms with Gasteiger partial charge in [0.15, 0.2) is 0 Å². The van der Waals surface area contributed by atoms with Crippen LogP contribution in [0.5, 0.6) is 0 Å². The van der Waals surface area contributed by atoms with Crippen LogP contribution in [0.4, 0.5) is 14.5 Å². The highest BCUT2D eigenvalue weighted by Crippen LogP contribution is 2.59. The largest absolute Gasteiger partial charge is 0.399 e. The van der Waals surface area contributed by atoms with Gasteiger partial charge in [-0.3, -0.25) is 18.9 Å². The number of para-hydroxylation sites is 1. The summed E-state index contributed by atoms with van der Waals surface area (Å²) in [6.07, 6.45) is 1.11. The zero-order valence-corrected chi connectivity index (χ0v) is 23.8. The highest BCUT2D eigenvalue weighted by molar-refractivity contribution is 7.52. The predicted octanol–water partition coefficient (Wildman–Crippen LogP) is 4.90. The van der Waals surface area contributed by atoms with E-state index in [-0.39, 0.29) is 16.2 Å². The molecule has 0 unspecified atom stereocenters. The smallest absolute Gasteiger partial charge is 0.339 e. The van der Waals surface area contributed by atoms with Gasteiger partial charge in [-0.05, 0) is 54.0 Å². The average molecular weight is 594 g/mol. The lowest BCUT2D eigenvalue weighted by Crippen LogP contribution is -2.57. The molecule has 0 radical (unpaired) electrons. The van der Waals surface area contributed by atoms with Crippen molar-refractivity contribution in [3.05, 3.63) is 65.0 Å². The molecule has 1 aliphatic rings.